The van der Waals surface area contributed by atoms with Crippen molar-refractivity contribution in [1.29, 1.82) is 0 Å². The first-order valence-electron chi connectivity index (χ1n) is 6.64. The maximum absolute atomic E-state index is 12.3. The summed E-state index contributed by atoms with van der Waals surface area (Å²) >= 11 is 4.34. The zero-order valence-corrected chi connectivity index (χ0v) is 13.0. The van der Waals surface area contributed by atoms with Crippen molar-refractivity contribution in [3.63, 3.8) is 0 Å². The van der Waals surface area contributed by atoms with E-state index in [0.717, 1.165) is 32.1 Å². The van der Waals surface area contributed by atoms with Crippen molar-refractivity contribution in [3.8, 4) is 0 Å². The van der Waals surface area contributed by atoms with Gasteiger partial charge in [0.05, 0.1) is 5.25 Å². The minimum Gasteiger partial charge on any atom is -0.227 e. The number of hydrogen-bond donors (Lipinski definition) is 1. The predicted octanol–water partition coefficient (Wildman–Crippen LogP) is 3.82. The minimum atomic E-state index is -3.02. The number of rotatable bonds is 4. The van der Waals surface area contributed by atoms with Gasteiger partial charge in [-0.1, -0.05) is 40.0 Å². The Labute approximate surface area is 112 Å². The van der Waals surface area contributed by atoms with E-state index in [4.69, 9.17) is 0 Å². The quantitative estimate of drug-likeness (QED) is 0.793. The fourth-order valence-electron chi connectivity index (χ4n) is 2.34. The summed E-state index contributed by atoms with van der Waals surface area (Å²) in [6.07, 6.45) is 6.57. The topological polar surface area (TPSA) is 34.1 Å². The van der Waals surface area contributed by atoms with Gasteiger partial charge < -0.3 is 0 Å². The molecule has 0 aliphatic heterocycles. The molecule has 1 unspecified atom stereocenters. The first-order chi connectivity index (χ1) is 7.73. The van der Waals surface area contributed by atoms with Crippen LogP contribution in [0.1, 0.15) is 65.7 Å². The van der Waals surface area contributed by atoms with E-state index in [1.807, 2.05) is 0 Å². The van der Waals surface area contributed by atoms with E-state index < -0.39 is 14.4 Å². The van der Waals surface area contributed by atoms with Crippen LogP contribution in [0.25, 0.3) is 0 Å². The third kappa shape index (κ3) is 4.82. The van der Waals surface area contributed by atoms with Crippen molar-refractivity contribution in [3.05, 3.63) is 0 Å². The Morgan fingerprint density at radius 3 is 2.18 bits per heavy atom. The molecule has 0 spiro atoms. The summed E-state index contributed by atoms with van der Waals surface area (Å²) in [7, 11) is -3.02. The molecule has 0 N–H and O–H groups in total. The summed E-state index contributed by atoms with van der Waals surface area (Å²) in [5, 5.41) is -0.126. The first kappa shape index (κ1) is 15.4. The standard InChI is InChI=1S/C13H26O2S2/c1-13(2,3)10-9-12(16)17(14,15)11-7-5-4-6-8-11/h11-12,16H,4-10H2,1-3H3. The molecule has 1 aliphatic carbocycles. The molecule has 4 heteroatoms. The Morgan fingerprint density at radius 2 is 1.71 bits per heavy atom. The Hall–Kier alpha value is 0.300. The van der Waals surface area contributed by atoms with Crippen LogP contribution in [0.3, 0.4) is 0 Å². The van der Waals surface area contributed by atoms with Gasteiger partial charge in [0.1, 0.15) is 4.58 Å². The molecule has 1 rings (SSSR count). The highest BCUT2D eigenvalue weighted by Gasteiger charge is 2.33. The largest absolute Gasteiger partial charge is 0.227 e. The van der Waals surface area contributed by atoms with Gasteiger partial charge in [-0.3, -0.25) is 0 Å². The highest BCUT2D eigenvalue weighted by Crippen LogP contribution is 2.31. The van der Waals surface area contributed by atoms with Gasteiger partial charge in [0, 0.05) is 0 Å². The second kappa shape index (κ2) is 5.96. The van der Waals surface area contributed by atoms with Gasteiger partial charge in [0.2, 0.25) is 0 Å². The maximum atomic E-state index is 12.3. The summed E-state index contributed by atoms with van der Waals surface area (Å²) in [6.45, 7) is 6.42. The molecule has 0 heterocycles. The van der Waals surface area contributed by atoms with Gasteiger partial charge >= 0.3 is 0 Å². The van der Waals surface area contributed by atoms with Crippen molar-refractivity contribution in [2.45, 2.75) is 75.5 Å². The molecule has 1 saturated carbocycles. The van der Waals surface area contributed by atoms with Crippen LogP contribution in [-0.2, 0) is 9.84 Å². The summed E-state index contributed by atoms with van der Waals surface area (Å²) in [6, 6.07) is 0. The van der Waals surface area contributed by atoms with Crippen LogP contribution in [0.5, 0.6) is 0 Å². The molecule has 0 amide bonds. The SMILES string of the molecule is CC(C)(C)CCC(S)S(=O)(=O)C1CCCCC1. The van der Waals surface area contributed by atoms with Crippen molar-refractivity contribution in [2.24, 2.45) is 5.41 Å². The van der Waals surface area contributed by atoms with E-state index in [1.54, 1.807) is 0 Å². The second-order valence-corrected chi connectivity index (χ2v) is 9.79. The van der Waals surface area contributed by atoms with Crippen molar-refractivity contribution in [1.82, 2.24) is 0 Å². The number of thiol groups is 1. The first-order valence-corrected chi connectivity index (χ1v) is 8.77. The lowest BCUT2D eigenvalue weighted by Gasteiger charge is -2.26. The molecule has 0 radical (unpaired) electrons. The molecule has 0 bridgehead atoms. The minimum absolute atomic E-state index is 0.126. The van der Waals surface area contributed by atoms with Crippen molar-refractivity contribution >= 4 is 22.5 Å². The lowest BCUT2D eigenvalue weighted by Crippen LogP contribution is -2.31. The third-order valence-corrected chi connectivity index (χ3v) is 7.07. The molecule has 0 aromatic heterocycles. The van der Waals surface area contributed by atoms with Gasteiger partial charge in [0.25, 0.3) is 0 Å². The van der Waals surface area contributed by atoms with E-state index in [-0.39, 0.29) is 10.7 Å². The van der Waals surface area contributed by atoms with Gasteiger partial charge in [-0.15, -0.1) is 0 Å². The highest BCUT2D eigenvalue weighted by molar-refractivity contribution is 8.05. The van der Waals surface area contributed by atoms with Crippen molar-refractivity contribution < 1.29 is 8.42 Å². The van der Waals surface area contributed by atoms with Crippen LogP contribution in [-0.4, -0.2) is 18.2 Å². The fourth-order valence-corrected chi connectivity index (χ4v) is 4.86. The van der Waals surface area contributed by atoms with Crippen molar-refractivity contribution in [2.75, 3.05) is 0 Å². The molecule has 17 heavy (non-hydrogen) atoms. The number of hydrogen-bond acceptors (Lipinski definition) is 3. The summed E-state index contributed by atoms with van der Waals surface area (Å²) in [5.41, 5.74) is 0.184. The molecular formula is C13H26O2S2. The molecule has 1 atom stereocenters. The average molecular weight is 278 g/mol. The van der Waals surface area contributed by atoms with Crippen LogP contribution >= 0.6 is 12.6 Å². The van der Waals surface area contributed by atoms with Gasteiger partial charge in [0.15, 0.2) is 9.84 Å². The van der Waals surface area contributed by atoms with Crippen LogP contribution in [0.2, 0.25) is 0 Å². The Morgan fingerprint density at radius 1 is 1.18 bits per heavy atom. The molecule has 0 aromatic rings. The van der Waals surface area contributed by atoms with E-state index >= 15 is 0 Å². The lowest BCUT2D eigenvalue weighted by atomic mass is 9.91. The van der Waals surface area contributed by atoms with E-state index in [0.29, 0.717) is 6.42 Å². The predicted molar refractivity (Wildman–Crippen MR) is 77.3 cm³/mol. The third-order valence-electron chi connectivity index (χ3n) is 3.54. The Bertz CT molecular complexity index is 322. The average Bonchev–Trinajstić information content (AvgIpc) is 2.26. The second-order valence-electron chi connectivity index (χ2n) is 6.40. The molecule has 1 fully saturated rings. The maximum Gasteiger partial charge on any atom is 0.165 e. The zero-order chi connectivity index (χ0) is 13.1. The molecule has 2 nitrogen and oxygen atoms in total. The van der Waals surface area contributed by atoms with E-state index in [1.165, 1.54) is 6.42 Å². The van der Waals surface area contributed by atoms with Gasteiger partial charge in [-0.2, -0.15) is 12.6 Å². The highest BCUT2D eigenvalue weighted by atomic mass is 32.2. The smallest absolute Gasteiger partial charge is 0.165 e. The van der Waals surface area contributed by atoms with Crippen LogP contribution in [0.15, 0.2) is 0 Å². The monoisotopic (exact) mass is 278 g/mol. The van der Waals surface area contributed by atoms with E-state index in [2.05, 4.69) is 33.4 Å². The normalized spacial score (nSPS) is 21.4. The molecular weight excluding hydrogens is 252 g/mol. The molecule has 0 saturated heterocycles. The van der Waals surface area contributed by atoms with Crippen LogP contribution < -0.4 is 0 Å². The van der Waals surface area contributed by atoms with Crippen LogP contribution in [0.4, 0.5) is 0 Å². The Kier molecular flexibility index (Phi) is 5.39. The summed E-state index contributed by atoms with van der Waals surface area (Å²) < 4.78 is 24.2. The summed E-state index contributed by atoms with van der Waals surface area (Å²) in [4.78, 5) is 0. The van der Waals surface area contributed by atoms with E-state index in [9.17, 15) is 8.42 Å². The van der Waals surface area contributed by atoms with Crippen LogP contribution in [0, 0.1) is 5.41 Å². The Balaban J connectivity index is 2.56. The zero-order valence-electron chi connectivity index (χ0n) is 11.3. The van der Waals surface area contributed by atoms with Gasteiger partial charge in [-0.05, 0) is 31.1 Å². The van der Waals surface area contributed by atoms with Gasteiger partial charge in [-0.25, -0.2) is 8.42 Å². The molecule has 1 aliphatic rings. The fraction of sp³-hybridized carbons (Fsp3) is 1.00. The lowest BCUT2D eigenvalue weighted by molar-refractivity contribution is 0.370. The number of sulfone groups is 1. The molecule has 102 valence electrons. The summed E-state index contributed by atoms with van der Waals surface area (Å²) in [5.74, 6) is 0. The molecule has 0 aromatic carbocycles.